The minimum absolute atomic E-state index is 0.448. The molecule has 50 valence electrons. The highest BCUT2D eigenvalue weighted by Gasteiger charge is 2.38. The quantitative estimate of drug-likeness (QED) is 0.485. The van der Waals surface area contributed by atoms with Crippen LogP contribution in [0.3, 0.4) is 0 Å². The minimum Gasteiger partial charge on any atom is -0.303 e. The Hall–Kier alpha value is -0.330. The molecule has 0 heterocycles. The van der Waals surface area contributed by atoms with Crippen molar-refractivity contribution in [2.45, 2.75) is 25.7 Å². The predicted molar refractivity (Wildman–Crippen MR) is 35.0 cm³/mol. The molecule has 2 aliphatic rings. The molecular weight excluding hydrogens is 112 g/mol. The second-order valence-corrected chi connectivity index (χ2v) is 3.47. The third-order valence-corrected chi connectivity index (χ3v) is 2.97. The molecule has 1 nitrogen and oxygen atoms in total. The SMILES string of the molecule is O=C[C@H]1C[C@H]2CC[C@H]1C2. The molecule has 2 fully saturated rings. The molecule has 0 spiro atoms. The van der Waals surface area contributed by atoms with E-state index in [2.05, 4.69) is 0 Å². The van der Waals surface area contributed by atoms with Gasteiger partial charge in [-0.25, -0.2) is 0 Å². The van der Waals surface area contributed by atoms with Crippen molar-refractivity contribution in [1.82, 2.24) is 0 Å². The highest BCUT2D eigenvalue weighted by molar-refractivity contribution is 5.55. The first-order valence-corrected chi connectivity index (χ1v) is 3.85. The van der Waals surface area contributed by atoms with Crippen LogP contribution in [-0.4, -0.2) is 6.29 Å². The van der Waals surface area contributed by atoms with Crippen molar-refractivity contribution >= 4 is 6.29 Å². The van der Waals surface area contributed by atoms with Gasteiger partial charge in [0.2, 0.25) is 0 Å². The maximum absolute atomic E-state index is 10.4. The van der Waals surface area contributed by atoms with Crippen LogP contribution < -0.4 is 0 Å². The van der Waals surface area contributed by atoms with Gasteiger partial charge in [-0.15, -0.1) is 0 Å². The summed E-state index contributed by atoms with van der Waals surface area (Å²) in [6, 6.07) is 0. The molecule has 2 rings (SSSR count). The molecule has 2 saturated carbocycles. The molecule has 0 aromatic heterocycles. The number of carbonyl (C=O) groups excluding carboxylic acids is 1. The molecule has 0 saturated heterocycles. The monoisotopic (exact) mass is 124 g/mol. The minimum atomic E-state index is 0.448. The Morgan fingerprint density at radius 1 is 1.22 bits per heavy atom. The van der Waals surface area contributed by atoms with Gasteiger partial charge in [0.25, 0.3) is 0 Å². The largest absolute Gasteiger partial charge is 0.303 e. The summed E-state index contributed by atoms with van der Waals surface area (Å²) >= 11 is 0. The lowest BCUT2D eigenvalue weighted by molar-refractivity contribution is -0.112. The van der Waals surface area contributed by atoms with E-state index in [1.807, 2.05) is 0 Å². The van der Waals surface area contributed by atoms with E-state index >= 15 is 0 Å². The van der Waals surface area contributed by atoms with Gasteiger partial charge < -0.3 is 4.79 Å². The Morgan fingerprint density at radius 2 is 2.11 bits per heavy atom. The second-order valence-electron chi connectivity index (χ2n) is 3.47. The molecule has 2 bridgehead atoms. The molecule has 3 atom stereocenters. The Kier molecular flexibility index (Phi) is 1.11. The Balaban J connectivity index is 2.09. The number of fused-ring (bicyclic) bond motifs is 2. The van der Waals surface area contributed by atoms with Crippen LogP contribution in [0.1, 0.15) is 25.7 Å². The molecule has 0 N–H and O–H groups in total. The van der Waals surface area contributed by atoms with Crippen LogP contribution in [0.5, 0.6) is 0 Å². The van der Waals surface area contributed by atoms with Gasteiger partial charge in [0.05, 0.1) is 0 Å². The normalized spacial score (nSPS) is 47.8. The molecule has 0 unspecified atom stereocenters. The van der Waals surface area contributed by atoms with Crippen molar-refractivity contribution in [3.05, 3.63) is 0 Å². The van der Waals surface area contributed by atoms with Crippen molar-refractivity contribution in [3.63, 3.8) is 0 Å². The van der Waals surface area contributed by atoms with Crippen LogP contribution in [0.4, 0.5) is 0 Å². The van der Waals surface area contributed by atoms with E-state index in [4.69, 9.17) is 0 Å². The van der Waals surface area contributed by atoms with Crippen molar-refractivity contribution in [2.75, 3.05) is 0 Å². The van der Waals surface area contributed by atoms with Crippen molar-refractivity contribution in [1.29, 1.82) is 0 Å². The van der Waals surface area contributed by atoms with Crippen LogP contribution in [0, 0.1) is 17.8 Å². The summed E-state index contributed by atoms with van der Waals surface area (Å²) < 4.78 is 0. The van der Waals surface area contributed by atoms with Crippen molar-refractivity contribution in [3.8, 4) is 0 Å². The highest BCUT2D eigenvalue weighted by Crippen LogP contribution is 2.47. The third kappa shape index (κ3) is 0.707. The second kappa shape index (κ2) is 1.83. The first kappa shape index (κ1) is 5.45. The van der Waals surface area contributed by atoms with E-state index in [0.29, 0.717) is 5.92 Å². The average Bonchev–Trinajstić information content (AvgIpc) is 2.45. The van der Waals surface area contributed by atoms with E-state index in [-0.39, 0.29) is 0 Å². The fourth-order valence-corrected chi connectivity index (χ4v) is 2.46. The number of rotatable bonds is 1. The van der Waals surface area contributed by atoms with E-state index in [0.717, 1.165) is 11.8 Å². The fraction of sp³-hybridized carbons (Fsp3) is 0.875. The van der Waals surface area contributed by atoms with Gasteiger partial charge in [-0.05, 0) is 31.1 Å². The standard InChI is InChI=1S/C8H12O/c9-5-8-4-6-1-2-7(8)3-6/h5-8H,1-4H2/t6-,7-,8+/m0/s1. The molecule has 1 heteroatoms. The Labute approximate surface area is 55.4 Å². The lowest BCUT2D eigenvalue weighted by Gasteiger charge is -2.14. The van der Waals surface area contributed by atoms with Crippen LogP contribution in [0.25, 0.3) is 0 Å². The lowest BCUT2D eigenvalue weighted by atomic mass is 9.90. The molecule has 0 radical (unpaired) electrons. The lowest BCUT2D eigenvalue weighted by Crippen LogP contribution is -2.10. The summed E-state index contributed by atoms with van der Waals surface area (Å²) in [4.78, 5) is 10.4. The maximum atomic E-state index is 10.4. The van der Waals surface area contributed by atoms with Gasteiger partial charge in [-0.2, -0.15) is 0 Å². The molecular formula is C8H12O. The third-order valence-electron chi connectivity index (χ3n) is 2.97. The zero-order chi connectivity index (χ0) is 6.27. The van der Waals surface area contributed by atoms with Gasteiger partial charge in [0, 0.05) is 5.92 Å². The van der Waals surface area contributed by atoms with Gasteiger partial charge in [-0.3, -0.25) is 0 Å². The van der Waals surface area contributed by atoms with Crippen molar-refractivity contribution < 1.29 is 4.79 Å². The zero-order valence-electron chi connectivity index (χ0n) is 5.55. The van der Waals surface area contributed by atoms with E-state index in [1.54, 1.807) is 0 Å². The number of hydrogen-bond donors (Lipinski definition) is 0. The fourth-order valence-electron chi connectivity index (χ4n) is 2.46. The zero-order valence-corrected chi connectivity index (χ0v) is 5.55. The number of hydrogen-bond acceptors (Lipinski definition) is 1. The predicted octanol–water partition coefficient (Wildman–Crippen LogP) is 1.62. The van der Waals surface area contributed by atoms with Gasteiger partial charge >= 0.3 is 0 Å². The van der Waals surface area contributed by atoms with E-state index in [9.17, 15) is 4.79 Å². The Morgan fingerprint density at radius 3 is 2.44 bits per heavy atom. The summed E-state index contributed by atoms with van der Waals surface area (Å²) in [7, 11) is 0. The van der Waals surface area contributed by atoms with Crippen LogP contribution in [0.2, 0.25) is 0 Å². The molecule has 0 aromatic rings. The van der Waals surface area contributed by atoms with Gasteiger partial charge in [-0.1, -0.05) is 6.42 Å². The average molecular weight is 124 g/mol. The van der Waals surface area contributed by atoms with E-state index in [1.165, 1.54) is 32.0 Å². The number of aldehydes is 1. The first-order valence-electron chi connectivity index (χ1n) is 3.85. The first-order chi connectivity index (χ1) is 4.40. The van der Waals surface area contributed by atoms with Crippen LogP contribution in [0.15, 0.2) is 0 Å². The molecule has 0 amide bonds. The summed E-state index contributed by atoms with van der Waals surface area (Å²) in [5.41, 5.74) is 0. The molecule has 2 aliphatic carbocycles. The summed E-state index contributed by atoms with van der Waals surface area (Å²) in [6.07, 6.45) is 6.45. The highest BCUT2D eigenvalue weighted by atomic mass is 16.1. The topological polar surface area (TPSA) is 17.1 Å². The summed E-state index contributed by atoms with van der Waals surface area (Å²) in [6.45, 7) is 0. The van der Waals surface area contributed by atoms with Gasteiger partial charge in [0.15, 0.2) is 0 Å². The van der Waals surface area contributed by atoms with Crippen LogP contribution in [-0.2, 0) is 4.79 Å². The van der Waals surface area contributed by atoms with Crippen molar-refractivity contribution in [2.24, 2.45) is 17.8 Å². The summed E-state index contributed by atoms with van der Waals surface area (Å²) in [5.74, 6) is 2.15. The van der Waals surface area contributed by atoms with Gasteiger partial charge in [0.1, 0.15) is 6.29 Å². The number of carbonyl (C=O) groups is 1. The maximum Gasteiger partial charge on any atom is 0.123 e. The van der Waals surface area contributed by atoms with Crippen LogP contribution >= 0.6 is 0 Å². The van der Waals surface area contributed by atoms with E-state index < -0.39 is 0 Å². The molecule has 0 aliphatic heterocycles. The Bertz CT molecular complexity index is 131. The molecule has 9 heavy (non-hydrogen) atoms. The summed E-state index contributed by atoms with van der Waals surface area (Å²) in [5, 5.41) is 0. The molecule has 0 aromatic carbocycles. The smallest absolute Gasteiger partial charge is 0.123 e.